The summed E-state index contributed by atoms with van der Waals surface area (Å²) in [5, 5.41) is 11.9. The molecule has 5 nitrogen and oxygen atoms in total. The fourth-order valence-electron chi connectivity index (χ4n) is 2.68. The van der Waals surface area contributed by atoms with Gasteiger partial charge in [-0.2, -0.15) is 13.2 Å². The van der Waals surface area contributed by atoms with Gasteiger partial charge in [-0.1, -0.05) is 30.3 Å². The highest BCUT2D eigenvalue weighted by Crippen LogP contribution is 2.27. The topological polar surface area (TPSA) is 67.3 Å². The average Bonchev–Trinajstić information content (AvgIpc) is 2.73. The molecule has 1 unspecified atom stereocenters. The van der Waals surface area contributed by atoms with E-state index in [1.54, 1.807) is 19.2 Å². The highest BCUT2D eigenvalue weighted by molar-refractivity contribution is 5.69. The molecule has 0 radical (unpaired) electrons. The number of nitrogens with one attached hydrogen (secondary N) is 1. The smallest absolute Gasteiger partial charge is 0.414 e. The van der Waals surface area contributed by atoms with Crippen LogP contribution in [-0.4, -0.2) is 41.0 Å². The normalized spacial score (nSPS) is 12.4. The van der Waals surface area contributed by atoms with E-state index in [1.807, 2.05) is 48.5 Å². The van der Waals surface area contributed by atoms with Crippen molar-refractivity contribution >= 4 is 5.95 Å². The minimum absolute atomic E-state index is 0.124. The molecular formula is C21H20F3N3O2. The van der Waals surface area contributed by atoms with E-state index in [4.69, 9.17) is 9.84 Å². The van der Waals surface area contributed by atoms with Gasteiger partial charge in [0.15, 0.2) is 6.10 Å². The third-order valence-electron chi connectivity index (χ3n) is 4.26. The summed E-state index contributed by atoms with van der Waals surface area (Å²) in [7, 11) is 1.57. The standard InChI is InChI=1S/C21H20F3N3O2/c1-29-16-9-7-15(8-10-16)18-13-17(14-5-3-2-4-6-14)26-20(27-18)25-12-11-19(28)21(22,23)24/h2-10,13,19,28H,11-12H2,1H3,(H,25,26,27). The molecule has 0 aliphatic carbocycles. The van der Waals surface area contributed by atoms with E-state index in [0.717, 1.165) is 11.1 Å². The number of alkyl halides is 3. The van der Waals surface area contributed by atoms with Crippen LogP contribution in [0.15, 0.2) is 60.7 Å². The van der Waals surface area contributed by atoms with Gasteiger partial charge in [-0.05, 0) is 36.8 Å². The molecule has 1 atom stereocenters. The number of aliphatic hydroxyl groups is 1. The summed E-state index contributed by atoms with van der Waals surface area (Å²) in [6.45, 7) is -0.124. The lowest BCUT2D eigenvalue weighted by Gasteiger charge is -2.15. The average molecular weight is 403 g/mol. The molecule has 3 aromatic rings. The van der Waals surface area contributed by atoms with Crippen molar-refractivity contribution in [1.82, 2.24) is 9.97 Å². The van der Waals surface area contributed by atoms with Crippen molar-refractivity contribution in [1.29, 1.82) is 0 Å². The van der Waals surface area contributed by atoms with Gasteiger partial charge in [0.1, 0.15) is 5.75 Å². The quantitative estimate of drug-likeness (QED) is 0.606. The number of ether oxygens (including phenoxy) is 1. The summed E-state index contributed by atoms with van der Waals surface area (Å²) in [6, 6.07) is 18.5. The molecule has 3 rings (SSSR count). The molecule has 0 aliphatic heterocycles. The summed E-state index contributed by atoms with van der Waals surface area (Å²) in [5.41, 5.74) is 2.90. The maximum atomic E-state index is 12.5. The monoisotopic (exact) mass is 403 g/mol. The molecule has 0 saturated carbocycles. The van der Waals surface area contributed by atoms with E-state index in [-0.39, 0.29) is 12.5 Å². The molecule has 0 bridgehead atoms. The van der Waals surface area contributed by atoms with Crippen molar-refractivity contribution in [2.75, 3.05) is 19.0 Å². The van der Waals surface area contributed by atoms with E-state index in [0.29, 0.717) is 17.1 Å². The van der Waals surface area contributed by atoms with Gasteiger partial charge in [0.25, 0.3) is 0 Å². The first kappa shape index (κ1) is 20.6. The third kappa shape index (κ3) is 5.45. The Hall–Kier alpha value is -3.13. The first-order valence-electron chi connectivity index (χ1n) is 8.94. The molecule has 8 heteroatoms. The van der Waals surface area contributed by atoms with Crippen LogP contribution in [-0.2, 0) is 0 Å². The van der Waals surface area contributed by atoms with Gasteiger partial charge >= 0.3 is 6.18 Å². The van der Waals surface area contributed by atoms with Crippen molar-refractivity contribution in [2.24, 2.45) is 0 Å². The minimum atomic E-state index is -4.65. The van der Waals surface area contributed by atoms with Gasteiger partial charge in [-0.25, -0.2) is 9.97 Å². The zero-order valence-electron chi connectivity index (χ0n) is 15.6. The summed E-state index contributed by atoms with van der Waals surface area (Å²) >= 11 is 0. The molecule has 0 fully saturated rings. The van der Waals surface area contributed by atoms with Crippen LogP contribution in [0.3, 0.4) is 0 Å². The molecule has 0 aliphatic rings. The predicted octanol–water partition coefficient (Wildman–Crippen LogP) is 4.54. The number of hydrogen-bond acceptors (Lipinski definition) is 5. The first-order chi connectivity index (χ1) is 13.9. The first-order valence-corrected chi connectivity index (χ1v) is 8.94. The Kier molecular flexibility index (Phi) is 6.33. The fourth-order valence-corrected chi connectivity index (χ4v) is 2.68. The van der Waals surface area contributed by atoms with E-state index >= 15 is 0 Å². The Labute approximate surface area is 166 Å². The summed E-state index contributed by atoms with van der Waals surface area (Å²) < 4.78 is 42.6. The molecule has 0 spiro atoms. The molecule has 2 aromatic carbocycles. The Morgan fingerprint density at radius 2 is 1.55 bits per heavy atom. The number of benzene rings is 2. The second-order valence-electron chi connectivity index (χ2n) is 6.33. The molecule has 0 saturated heterocycles. The fraction of sp³-hybridized carbons (Fsp3) is 0.238. The van der Waals surface area contributed by atoms with E-state index in [2.05, 4.69) is 15.3 Å². The van der Waals surface area contributed by atoms with Crippen molar-refractivity contribution in [3.63, 3.8) is 0 Å². The summed E-state index contributed by atoms with van der Waals surface area (Å²) in [4.78, 5) is 8.83. The molecular weight excluding hydrogens is 383 g/mol. The lowest BCUT2D eigenvalue weighted by molar-refractivity contribution is -0.204. The Balaban J connectivity index is 1.88. The van der Waals surface area contributed by atoms with Crippen molar-refractivity contribution in [2.45, 2.75) is 18.7 Å². The van der Waals surface area contributed by atoms with E-state index < -0.39 is 18.7 Å². The van der Waals surface area contributed by atoms with E-state index in [1.165, 1.54) is 0 Å². The highest BCUT2D eigenvalue weighted by Gasteiger charge is 2.37. The molecule has 152 valence electrons. The number of nitrogens with zero attached hydrogens (tertiary/aromatic N) is 2. The Morgan fingerprint density at radius 1 is 0.966 bits per heavy atom. The number of methoxy groups -OCH3 is 1. The number of anilines is 1. The minimum Gasteiger partial charge on any atom is -0.497 e. The predicted molar refractivity (Wildman–Crippen MR) is 105 cm³/mol. The van der Waals surface area contributed by atoms with Crippen molar-refractivity contribution < 1.29 is 23.0 Å². The molecule has 2 N–H and O–H groups in total. The van der Waals surface area contributed by atoms with Crippen LogP contribution in [0.5, 0.6) is 5.75 Å². The largest absolute Gasteiger partial charge is 0.497 e. The maximum absolute atomic E-state index is 12.5. The number of halogens is 3. The zero-order chi connectivity index (χ0) is 20.9. The Bertz CT molecular complexity index is 932. The van der Waals surface area contributed by atoms with Crippen LogP contribution in [0, 0.1) is 0 Å². The van der Waals surface area contributed by atoms with Crippen LogP contribution in [0.4, 0.5) is 19.1 Å². The number of hydrogen-bond donors (Lipinski definition) is 2. The molecule has 29 heavy (non-hydrogen) atoms. The second kappa shape index (κ2) is 8.91. The van der Waals surface area contributed by atoms with Crippen LogP contribution >= 0.6 is 0 Å². The second-order valence-corrected chi connectivity index (χ2v) is 6.33. The van der Waals surface area contributed by atoms with Gasteiger partial charge in [-0.15, -0.1) is 0 Å². The zero-order valence-corrected chi connectivity index (χ0v) is 15.6. The maximum Gasteiger partial charge on any atom is 0.414 e. The molecule has 1 aromatic heterocycles. The summed E-state index contributed by atoms with van der Waals surface area (Å²) in [5.74, 6) is 0.886. The number of aromatic nitrogens is 2. The lowest BCUT2D eigenvalue weighted by atomic mass is 10.1. The molecule has 0 amide bonds. The van der Waals surface area contributed by atoms with Gasteiger partial charge in [0, 0.05) is 17.7 Å². The number of aliphatic hydroxyl groups excluding tert-OH is 1. The van der Waals surface area contributed by atoms with Gasteiger partial charge in [-0.3, -0.25) is 0 Å². The summed E-state index contributed by atoms with van der Waals surface area (Å²) in [6.07, 6.45) is -7.54. The van der Waals surface area contributed by atoms with Crippen LogP contribution < -0.4 is 10.1 Å². The molecule has 1 heterocycles. The number of rotatable bonds is 7. The highest BCUT2D eigenvalue weighted by atomic mass is 19.4. The van der Waals surface area contributed by atoms with Gasteiger partial charge in [0.2, 0.25) is 5.95 Å². The van der Waals surface area contributed by atoms with Crippen LogP contribution in [0.25, 0.3) is 22.5 Å². The van der Waals surface area contributed by atoms with Crippen molar-refractivity contribution in [3.05, 3.63) is 60.7 Å². The van der Waals surface area contributed by atoms with Gasteiger partial charge in [0.05, 0.1) is 18.5 Å². The van der Waals surface area contributed by atoms with Crippen LogP contribution in [0.2, 0.25) is 0 Å². The van der Waals surface area contributed by atoms with Crippen LogP contribution in [0.1, 0.15) is 6.42 Å². The SMILES string of the molecule is COc1ccc(-c2cc(-c3ccccc3)nc(NCCC(O)C(F)(F)F)n2)cc1. The van der Waals surface area contributed by atoms with E-state index in [9.17, 15) is 13.2 Å². The van der Waals surface area contributed by atoms with Gasteiger partial charge < -0.3 is 15.2 Å². The third-order valence-corrected chi connectivity index (χ3v) is 4.26. The Morgan fingerprint density at radius 3 is 2.10 bits per heavy atom. The van der Waals surface area contributed by atoms with Crippen molar-refractivity contribution in [3.8, 4) is 28.3 Å². The lowest BCUT2D eigenvalue weighted by Crippen LogP contribution is -2.30.